The monoisotopic (exact) mass is 971 g/mol. The number of amides is 3. The van der Waals surface area contributed by atoms with Gasteiger partial charge in [0.25, 0.3) is 0 Å². The molecule has 0 unspecified atom stereocenters. The van der Waals surface area contributed by atoms with Crippen LogP contribution in [0.3, 0.4) is 0 Å². The summed E-state index contributed by atoms with van der Waals surface area (Å²) in [5.74, 6) is -4.17. The van der Waals surface area contributed by atoms with Crippen molar-refractivity contribution >= 4 is 41.8 Å². The Morgan fingerprint density at radius 1 is 0.536 bits per heavy atom. The van der Waals surface area contributed by atoms with Gasteiger partial charge in [0.2, 0.25) is 11.8 Å². The van der Waals surface area contributed by atoms with Crippen molar-refractivity contribution in [2.24, 2.45) is 11.8 Å². The lowest BCUT2D eigenvalue weighted by Gasteiger charge is -2.22. The van der Waals surface area contributed by atoms with E-state index >= 15 is 0 Å². The summed E-state index contributed by atoms with van der Waals surface area (Å²) in [4.78, 5) is 89.0. The zero-order valence-electron chi connectivity index (χ0n) is 41.6. The summed E-state index contributed by atoms with van der Waals surface area (Å²) in [6.07, 6.45) is 4.69. The first kappa shape index (κ1) is 59.5. The van der Waals surface area contributed by atoms with E-state index in [9.17, 15) is 33.6 Å². The van der Waals surface area contributed by atoms with Gasteiger partial charge in [0, 0.05) is 39.0 Å². The summed E-state index contributed by atoms with van der Waals surface area (Å²) in [5, 5.41) is 8.48. The summed E-state index contributed by atoms with van der Waals surface area (Å²) < 4.78 is 37.0. The second-order valence-electron chi connectivity index (χ2n) is 17.5. The van der Waals surface area contributed by atoms with E-state index in [0.29, 0.717) is 52.6 Å². The first-order valence-electron chi connectivity index (χ1n) is 24.1. The van der Waals surface area contributed by atoms with Crippen LogP contribution in [-0.2, 0) is 75.1 Å². The molecule has 3 amide bonds. The van der Waals surface area contributed by atoms with Crippen molar-refractivity contribution in [3.63, 3.8) is 0 Å². The van der Waals surface area contributed by atoms with Gasteiger partial charge in [0.05, 0.1) is 65.3 Å². The zero-order chi connectivity index (χ0) is 50.5. The number of benzene rings is 2. The van der Waals surface area contributed by atoms with E-state index < -0.39 is 47.4 Å². The average molecular weight is 971 g/mol. The van der Waals surface area contributed by atoms with Crippen molar-refractivity contribution in [3.05, 3.63) is 71.8 Å². The number of unbranched alkanes of at least 4 members (excludes halogenated alkanes) is 4. The predicted octanol–water partition coefficient (Wildman–Crippen LogP) is 5.83. The molecule has 69 heavy (non-hydrogen) atoms. The smallest absolute Gasteiger partial charge is 0.407 e. The van der Waals surface area contributed by atoms with Crippen molar-refractivity contribution < 1.29 is 66.7 Å². The molecule has 0 saturated carbocycles. The fraction of sp³-hybridized carbons (Fsp3) is 0.627. The molecule has 2 aromatic carbocycles. The Bertz CT molecular complexity index is 1670. The molecule has 0 fully saturated rings. The molecular formula is C51H78N4O14. The second kappa shape index (κ2) is 36.4. The molecule has 0 aliphatic rings. The lowest BCUT2D eigenvalue weighted by Crippen LogP contribution is -2.34. The van der Waals surface area contributed by atoms with Crippen LogP contribution in [0.4, 0.5) is 4.79 Å². The maximum atomic E-state index is 12.6. The number of ether oxygens (including phenoxy) is 7. The van der Waals surface area contributed by atoms with Crippen LogP contribution in [0.15, 0.2) is 60.7 Å². The maximum Gasteiger partial charge on any atom is 0.407 e. The molecule has 386 valence electrons. The fourth-order valence-corrected chi connectivity index (χ4v) is 6.84. The van der Waals surface area contributed by atoms with Crippen molar-refractivity contribution in [1.82, 2.24) is 20.9 Å². The average Bonchev–Trinajstić information content (AvgIpc) is 3.33. The summed E-state index contributed by atoms with van der Waals surface area (Å²) >= 11 is 0. The Hall–Kier alpha value is -5.59. The van der Waals surface area contributed by atoms with E-state index in [1.54, 1.807) is 20.8 Å². The lowest BCUT2D eigenvalue weighted by molar-refractivity contribution is -0.154. The Kier molecular flexibility index (Phi) is 31.4. The molecule has 2 rings (SSSR count). The highest BCUT2D eigenvalue weighted by atomic mass is 16.6. The molecule has 0 aromatic heterocycles. The number of carbonyl (C=O) groups is 7. The van der Waals surface area contributed by atoms with Crippen LogP contribution in [0.1, 0.15) is 109 Å². The van der Waals surface area contributed by atoms with Crippen molar-refractivity contribution in [2.45, 2.75) is 117 Å². The Morgan fingerprint density at radius 2 is 0.986 bits per heavy atom. The molecule has 18 heteroatoms. The van der Waals surface area contributed by atoms with Gasteiger partial charge in [0.1, 0.15) is 18.8 Å². The Balaban J connectivity index is 1.72. The first-order chi connectivity index (χ1) is 33.2. The number of carbonyl (C=O) groups excluding carboxylic acids is 7. The maximum absolute atomic E-state index is 12.6. The molecule has 0 radical (unpaired) electrons. The van der Waals surface area contributed by atoms with Gasteiger partial charge < -0.3 is 54.0 Å². The third-order valence-corrected chi connectivity index (χ3v) is 10.6. The topological polar surface area (TPSA) is 223 Å². The number of nitrogens with zero attached hydrogens (tertiary/aromatic N) is 1. The van der Waals surface area contributed by atoms with Crippen molar-refractivity contribution in [1.29, 1.82) is 0 Å². The molecule has 18 nitrogen and oxygen atoms in total. The van der Waals surface area contributed by atoms with Gasteiger partial charge in [-0.2, -0.15) is 0 Å². The number of alkyl carbamates (subject to hydrolysis) is 1. The Labute approximate surface area is 408 Å². The minimum atomic E-state index is -0.785. The first-order valence-corrected chi connectivity index (χ1v) is 24.1. The van der Waals surface area contributed by atoms with E-state index in [4.69, 9.17) is 33.2 Å². The molecular weight excluding hydrogens is 893 g/mol. The normalized spacial score (nSPS) is 12.0. The summed E-state index contributed by atoms with van der Waals surface area (Å²) in [5.41, 5.74) is 1.09. The van der Waals surface area contributed by atoms with Crippen LogP contribution in [0.2, 0.25) is 0 Å². The third kappa shape index (κ3) is 31.2. The highest BCUT2D eigenvalue weighted by Crippen LogP contribution is 2.17. The standard InChI is InChI=1S/C51H78N4O14/c1-51(2,3)69-50(62)54-28-32-65-34-35-66-33-31-55(29-16-8-14-26-52-44(56)24-22-42(48(60)63-4)36-46(58)67-38-40-18-10-6-11-19-40)30-17-9-15-27-53-45(57)25-23-43(49(61)64-5)37-47(59)68-39-41-20-12-7-13-21-41/h6-7,10-13,18-21,42-43H,8-9,14-17,22-39H2,1-5H3,(H,52,56)(H,53,57)(H,54,62)/t42-,43-/m1/s1. The molecule has 3 N–H and O–H groups in total. The second-order valence-corrected chi connectivity index (χ2v) is 17.5. The highest BCUT2D eigenvalue weighted by Gasteiger charge is 2.26. The van der Waals surface area contributed by atoms with E-state index in [1.165, 1.54) is 14.2 Å². The molecule has 0 spiro atoms. The predicted molar refractivity (Wildman–Crippen MR) is 257 cm³/mol. The number of rotatable bonds is 37. The van der Waals surface area contributed by atoms with Gasteiger partial charge in [0.15, 0.2) is 0 Å². The molecule has 0 bridgehead atoms. The van der Waals surface area contributed by atoms with Crippen molar-refractivity contribution in [2.75, 3.05) is 79.9 Å². The van der Waals surface area contributed by atoms with Gasteiger partial charge in [-0.25, -0.2) is 4.79 Å². The van der Waals surface area contributed by atoms with Gasteiger partial charge in [-0.05, 0) is 83.5 Å². The van der Waals surface area contributed by atoms with Crippen LogP contribution in [0, 0.1) is 11.8 Å². The van der Waals surface area contributed by atoms with Gasteiger partial charge in [-0.15, -0.1) is 0 Å². The third-order valence-electron chi connectivity index (χ3n) is 10.6. The zero-order valence-corrected chi connectivity index (χ0v) is 41.6. The number of hydrogen-bond acceptors (Lipinski definition) is 15. The minimum Gasteiger partial charge on any atom is -0.469 e. The molecule has 2 atom stereocenters. The van der Waals surface area contributed by atoms with E-state index in [2.05, 4.69) is 20.9 Å². The Morgan fingerprint density at radius 3 is 1.42 bits per heavy atom. The van der Waals surface area contributed by atoms with Gasteiger partial charge in [-0.1, -0.05) is 73.5 Å². The fourth-order valence-electron chi connectivity index (χ4n) is 6.84. The molecule has 0 saturated heterocycles. The number of methoxy groups -OCH3 is 2. The number of hydrogen-bond donors (Lipinski definition) is 3. The van der Waals surface area contributed by atoms with E-state index in [0.717, 1.165) is 62.7 Å². The van der Waals surface area contributed by atoms with Crippen LogP contribution < -0.4 is 16.0 Å². The number of nitrogens with one attached hydrogen (secondary N) is 3. The quantitative estimate of drug-likeness (QED) is 0.0412. The molecule has 0 heterocycles. The van der Waals surface area contributed by atoms with Crippen molar-refractivity contribution in [3.8, 4) is 0 Å². The van der Waals surface area contributed by atoms with Crippen LogP contribution in [-0.4, -0.2) is 132 Å². The largest absolute Gasteiger partial charge is 0.469 e. The van der Waals surface area contributed by atoms with E-state index in [1.807, 2.05) is 60.7 Å². The van der Waals surface area contributed by atoms with Crippen LogP contribution in [0.5, 0.6) is 0 Å². The van der Waals surface area contributed by atoms with Crippen LogP contribution in [0.25, 0.3) is 0 Å². The summed E-state index contributed by atoms with van der Waals surface area (Å²) in [6.45, 7) is 10.8. The van der Waals surface area contributed by atoms with Gasteiger partial charge >= 0.3 is 30.0 Å². The highest BCUT2D eigenvalue weighted by molar-refractivity contribution is 5.82. The molecule has 0 aliphatic heterocycles. The van der Waals surface area contributed by atoms with Gasteiger partial charge in [-0.3, -0.25) is 28.8 Å². The summed E-state index contributed by atoms with van der Waals surface area (Å²) in [7, 11) is 2.50. The lowest BCUT2D eigenvalue weighted by atomic mass is 9.99. The molecule has 2 aromatic rings. The minimum absolute atomic E-state index is 0.0704. The van der Waals surface area contributed by atoms with E-state index in [-0.39, 0.29) is 63.6 Å². The molecule has 0 aliphatic carbocycles. The summed E-state index contributed by atoms with van der Waals surface area (Å²) in [6, 6.07) is 18.5. The SMILES string of the molecule is COC(=O)[C@H](CCC(=O)NCCCCCN(CCCCCNC(=O)CC[C@H](CC(=O)OCc1ccccc1)C(=O)OC)CCOCCOCCNC(=O)OC(C)(C)C)CC(=O)OCc1ccccc1. The number of esters is 4. The van der Waals surface area contributed by atoms with Crippen LogP contribution >= 0.6 is 0 Å².